The second kappa shape index (κ2) is 6.07. The van der Waals surface area contributed by atoms with Gasteiger partial charge in [-0.05, 0) is 12.5 Å². The van der Waals surface area contributed by atoms with Gasteiger partial charge in [0.25, 0.3) is 5.91 Å². The van der Waals surface area contributed by atoms with Gasteiger partial charge in [0, 0.05) is 29.6 Å². The highest BCUT2D eigenvalue weighted by molar-refractivity contribution is 6.22. The van der Waals surface area contributed by atoms with Crippen LogP contribution in [0.5, 0.6) is 0 Å². The molecule has 0 saturated heterocycles. The smallest absolute Gasteiger partial charge is 0.252 e. The van der Waals surface area contributed by atoms with Crippen LogP contribution < -0.4 is 10.9 Å². The van der Waals surface area contributed by atoms with Gasteiger partial charge in [-0.3, -0.25) is 9.59 Å². The number of rotatable bonds is 5. The van der Waals surface area contributed by atoms with Crippen LogP contribution in [0, 0.1) is 0 Å². The molecule has 94 valence electrons. The molecule has 1 amide bonds. The topological polar surface area (TPSA) is 62.0 Å². The van der Waals surface area contributed by atoms with E-state index in [-0.39, 0.29) is 23.2 Å². The molecule has 0 radical (unpaired) electrons. The number of H-pyrrole nitrogens is 1. The fourth-order valence-corrected chi connectivity index (χ4v) is 2.08. The molecule has 0 aliphatic rings. The molecule has 1 aromatic heterocycles. The number of halogens is 2. The lowest BCUT2D eigenvalue weighted by atomic mass is 10.0. The van der Waals surface area contributed by atoms with Gasteiger partial charge in [-0.2, -0.15) is 0 Å². The van der Waals surface area contributed by atoms with Crippen molar-refractivity contribution < 1.29 is 4.79 Å². The maximum absolute atomic E-state index is 11.9. The van der Waals surface area contributed by atoms with E-state index in [1.807, 2.05) is 6.92 Å². The van der Waals surface area contributed by atoms with Gasteiger partial charge in [0.2, 0.25) is 5.56 Å². The van der Waals surface area contributed by atoms with Crippen molar-refractivity contribution in [2.24, 2.45) is 0 Å². The summed E-state index contributed by atoms with van der Waals surface area (Å²) in [5.41, 5.74) is -0.665. The average molecular weight is 277 g/mol. The summed E-state index contributed by atoms with van der Waals surface area (Å²) in [6, 6.07) is 2.76. The monoisotopic (exact) mass is 276 g/mol. The van der Waals surface area contributed by atoms with Gasteiger partial charge >= 0.3 is 0 Å². The highest BCUT2D eigenvalue weighted by Gasteiger charge is 2.28. The Bertz CT molecular complexity index is 433. The number of hydrogen-bond donors (Lipinski definition) is 2. The molecule has 0 atom stereocenters. The number of carbonyl (C=O) groups excluding carboxylic acids is 1. The van der Waals surface area contributed by atoms with Gasteiger partial charge in [0.05, 0.1) is 5.54 Å². The van der Waals surface area contributed by atoms with Crippen LogP contribution in [0.1, 0.15) is 23.7 Å². The maximum Gasteiger partial charge on any atom is 0.252 e. The molecule has 0 aliphatic heterocycles. The van der Waals surface area contributed by atoms with Crippen LogP contribution >= 0.6 is 23.2 Å². The first-order valence-electron chi connectivity index (χ1n) is 5.20. The molecule has 0 unspecified atom stereocenters. The van der Waals surface area contributed by atoms with Crippen molar-refractivity contribution in [2.45, 2.75) is 18.9 Å². The molecular weight excluding hydrogens is 263 g/mol. The molecule has 0 aromatic carbocycles. The Morgan fingerprint density at radius 1 is 1.47 bits per heavy atom. The number of hydrogen-bond acceptors (Lipinski definition) is 2. The van der Waals surface area contributed by atoms with Crippen LogP contribution in [0.3, 0.4) is 0 Å². The lowest BCUT2D eigenvalue weighted by Gasteiger charge is -2.29. The van der Waals surface area contributed by atoms with E-state index in [9.17, 15) is 9.59 Å². The summed E-state index contributed by atoms with van der Waals surface area (Å²) >= 11 is 11.6. The molecular formula is C11H14Cl2N2O2. The number of aromatic nitrogens is 1. The van der Waals surface area contributed by atoms with Crippen molar-refractivity contribution >= 4 is 29.1 Å². The summed E-state index contributed by atoms with van der Waals surface area (Å²) in [6.07, 6.45) is 2.04. The standard InChI is InChI=1S/C11H14Cl2N2O2/c1-2-11(6-12,7-13)15-10(17)8-3-4-14-9(16)5-8/h3-5H,2,6-7H2,1H3,(H,14,16)(H,15,17). The summed E-state index contributed by atoms with van der Waals surface area (Å²) < 4.78 is 0. The molecule has 1 aromatic rings. The second-order valence-electron chi connectivity index (χ2n) is 3.80. The number of alkyl halides is 2. The Morgan fingerprint density at radius 2 is 2.12 bits per heavy atom. The second-order valence-corrected chi connectivity index (χ2v) is 4.33. The molecule has 0 fully saturated rings. The van der Waals surface area contributed by atoms with Crippen molar-refractivity contribution in [1.82, 2.24) is 10.3 Å². The molecule has 1 rings (SSSR count). The van der Waals surface area contributed by atoms with Crippen LogP contribution in [0.4, 0.5) is 0 Å². The van der Waals surface area contributed by atoms with E-state index in [2.05, 4.69) is 10.3 Å². The van der Waals surface area contributed by atoms with Crippen molar-refractivity contribution in [2.75, 3.05) is 11.8 Å². The third kappa shape index (κ3) is 3.48. The van der Waals surface area contributed by atoms with E-state index in [1.54, 1.807) is 0 Å². The summed E-state index contributed by atoms with van der Waals surface area (Å²) in [6.45, 7) is 1.89. The fourth-order valence-electron chi connectivity index (χ4n) is 1.28. The van der Waals surface area contributed by atoms with E-state index in [4.69, 9.17) is 23.2 Å². The molecule has 0 saturated carbocycles. The van der Waals surface area contributed by atoms with Crippen LogP contribution in [0.15, 0.2) is 23.1 Å². The Hall–Kier alpha value is -1.00. The highest BCUT2D eigenvalue weighted by Crippen LogP contribution is 2.15. The minimum Gasteiger partial charge on any atom is -0.344 e. The quantitative estimate of drug-likeness (QED) is 0.805. The van der Waals surface area contributed by atoms with E-state index in [1.165, 1.54) is 18.3 Å². The lowest BCUT2D eigenvalue weighted by Crippen LogP contribution is -2.51. The number of amides is 1. The third-order valence-electron chi connectivity index (χ3n) is 2.60. The zero-order valence-electron chi connectivity index (χ0n) is 9.43. The summed E-state index contributed by atoms with van der Waals surface area (Å²) in [5.74, 6) is 0.100. The normalized spacial score (nSPS) is 11.2. The third-order valence-corrected chi connectivity index (χ3v) is 3.63. The summed E-state index contributed by atoms with van der Waals surface area (Å²) in [7, 11) is 0. The van der Waals surface area contributed by atoms with Gasteiger partial charge in [0.15, 0.2) is 0 Å². The predicted octanol–water partition coefficient (Wildman–Crippen LogP) is 1.73. The Balaban J connectivity index is 2.88. The minimum absolute atomic E-state index is 0.224. The van der Waals surface area contributed by atoms with Crippen molar-refractivity contribution in [3.63, 3.8) is 0 Å². The fraction of sp³-hybridized carbons (Fsp3) is 0.455. The molecule has 1 heterocycles. The highest BCUT2D eigenvalue weighted by atomic mass is 35.5. The van der Waals surface area contributed by atoms with Gasteiger partial charge in [0.1, 0.15) is 0 Å². The molecule has 6 heteroatoms. The van der Waals surface area contributed by atoms with Crippen molar-refractivity contribution in [3.8, 4) is 0 Å². The first-order valence-corrected chi connectivity index (χ1v) is 6.27. The first-order chi connectivity index (χ1) is 8.06. The van der Waals surface area contributed by atoms with Crippen LogP contribution in [0.2, 0.25) is 0 Å². The molecule has 0 aliphatic carbocycles. The lowest BCUT2D eigenvalue weighted by molar-refractivity contribution is 0.0913. The van der Waals surface area contributed by atoms with Gasteiger partial charge in [-0.1, -0.05) is 6.92 Å². The maximum atomic E-state index is 11.9. The van der Waals surface area contributed by atoms with E-state index < -0.39 is 5.54 Å². The van der Waals surface area contributed by atoms with Gasteiger partial charge in [-0.15, -0.1) is 23.2 Å². The molecule has 0 spiro atoms. The molecule has 0 bridgehead atoms. The molecule has 17 heavy (non-hydrogen) atoms. The minimum atomic E-state index is -0.636. The molecule has 4 nitrogen and oxygen atoms in total. The Morgan fingerprint density at radius 3 is 2.59 bits per heavy atom. The first kappa shape index (κ1) is 14.1. The van der Waals surface area contributed by atoms with Crippen LogP contribution in [-0.2, 0) is 0 Å². The summed E-state index contributed by atoms with van der Waals surface area (Å²) in [5, 5.41) is 2.77. The SMILES string of the molecule is CCC(CCl)(CCl)NC(=O)c1cc[nH]c(=O)c1. The van der Waals surface area contributed by atoms with Crippen LogP contribution in [-0.4, -0.2) is 28.2 Å². The number of aromatic amines is 1. The number of pyridine rings is 1. The zero-order valence-corrected chi connectivity index (χ0v) is 10.9. The molecule has 2 N–H and O–H groups in total. The average Bonchev–Trinajstić information content (AvgIpc) is 2.36. The van der Waals surface area contributed by atoms with E-state index in [0.29, 0.717) is 12.0 Å². The van der Waals surface area contributed by atoms with Gasteiger partial charge in [-0.25, -0.2) is 0 Å². The van der Waals surface area contributed by atoms with E-state index >= 15 is 0 Å². The largest absolute Gasteiger partial charge is 0.344 e. The predicted molar refractivity (Wildman–Crippen MR) is 69.0 cm³/mol. The van der Waals surface area contributed by atoms with E-state index in [0.717, 1.165) is 0 Å². The van der Waals surface area contributed by atoms with Crippen molar-refractivity contribution in [3.05, 3.63) is 34.2 Å². The van der Waals surface area contributed by atoms with Crippen molar-refractivity contribution in [1.29, 1.82) is 0 Å². The number of nitrogens with one attached hydrogen (secondary N) is 2. The Kier molecular flexibility index (Phi) is 5.02. The number of carbonyl (C=O) groups is 1. The van der Waals surface area contributed by atoms with Gasteiger partial charge < -0.3 is 10.3 Å². The summed E-state index contributed by atoms with van der Waals surface area (Å²) in [4.78, 5) is 25.4. The zero-order chi connectivity index (χ0) is 12.9. The Labute approximate surface area is 109 Å². The van der Waals surface area contributed by atoms with Crippen LogP contribution in [0.25, 0.3) is 0 Å².